The minimum atomic E-state index is 0.101. The lowest BCUT2D eigenvalue weighted by atomic mass is 9.90. The number of fused-ring (bicyclic) bond motifs is 1. The number of amides is 1. The third kappa shape index (κ3) is 3.92. The van der Waals surface area contributed by atoms with Gasteiger partial charge in [0.05, 0.1) is 6.42 Å². The molecule has 3 heteroatoms. The van der Waals surface area contributed by atoms with E-state index in [9.17, 15) is 9.90 Å². The summed E-state index contributed by atoms with van der Waals surface area (Å²) >= 11 is 0. The molecule has 0 unspecified atom stereocenters. The van der Waals surface area contributed by atoms with Gasteiger partial charge in [-0.3, -0.25) is 4.79 Å². The first-order chi connectivity index (χ1) is 11.1. The minimum Gasteiger partial charge on any atom is -0.508 e. The molecule has 0 saturated heterocycles. The Morgan fingerprint density at radius 1 is 1.04 bits per heavy atom. The topological polar surface area (TPSA) is 40.5 Å². The van der Waals surface area contributed by atoms with Crippen molar-refractivity contribution >= 4 is 5.91 Å². The van der Waals surface area contributed by atoms with Crippen LogP contribution in [0.5, 0.6) is 5.75 Å². The van der Waals surface area contributed by atoms with Crippen LogP contribution in [-0.4, -0.2) is 23.0 Å². The zero-order valence-corrected chi connectivity index (χ0v) is 13.6. The van der Waals surface area contributed by atoms with Crippen LogP contribution in [0.1, 0.15) is 35.1 Å². The van der Waals surface area contributed by atoms with Crippen molar-refractivity contribution in [1.82, 2.24) is 4.90 Å². The molecule has 3 rings (SSSR count). The number of benzene rings is 2. The van der Waals surface area contributed by atoms with Crippen LogP contribution in [-0.2, 0) is 30.6 Å². The average molecular weight is 309 g/mol. The van der Waals surface area contributed by atoms with Gasteiger partial charge in [-0.2, -0.15) is 0 Å². The van der Waals surface area contributed by atoms with E-state index < -0.39 is 0 Å². The van der Waals surface area contributed by atoms with Crippen molar-refractivity contribution in [3.8, 4) is 5.75 Å². The van der Waals surface area contributed by atoms with Crippen LogP contribution in [0.15, 0.2) is 42.5 Å². The molecular weight excluding hydrogens is 286 g/mol. The summed E-state index contributed by atoms with van der Waals surface area (Å²) in [4.78, 5) is 14.1. The number of nitrogens with zero attached hydrogens (tertiary/aromatic N) is 1. The molecule has 0 heterocycles. The molecule has 23 heavy (non-hydrogen) atoms. The molecule has 1 amide bonds. The molecule has 1 N–H and O–H groups in total. The molecule has 0 atom stereocenters. The molecule has 2 aromatic rings. The smallest absolute Gasteiger partial charge is 0.227 e. The summed E-state index contributed by atoms with van der Waals surface area (Å²) in [5.74, 6) is 0.335. The third-order valence-electron chi connectivity index (χ3n) is 4.52. The largest absolute Gasteiger partial charge is 0.508 e. The molecule has 1 aliphatic rings. The number of rotatable bonds is 4. The Balaban J connectivity index is 1.64. The number of aromatic hydroxyl groups is 1. The van der Waals surface area contributed by atoms with Gasteiger partial charge in [-0.05, 0) is 60.1 Å². The first kappa shape index (κ1) is 15.6. The lowest BCUT2D eigenvalue weighted by Gasteiger charge is -2.19. The molecule has 0 aromatic heterocycles. The van der Waals surface area contributed by atoms with Gasteiger partial charge in [0, 0.05) is 13.6 Å². The van der Waals surface area contributed by atoms with Crippen molar-refractivity contribution in [2.75, 3.05) is 7.05 Å². The van der Waals surface area contributed by atoms with E-state index in [-0.39, 0.29) is 11.7 Å². The maximum Gasteiger partial charge on any atom is 0.227 e. The van der Waals surface area contributed by atoms with Crippen LogP contribution in [0.4, 0.5) is 0 Å². The van der Waals surface area contributed by atoms with Crippen LogP contribution >= 0.6 is 0 Å². The maximum atomic E-state index is 12.4. The lowest BCUT2D eigenvalue weighted by Crippen LogP contribution is -2.27. The molecule has 2 aromatic carbocycles. The Labute approximate surface area is 137 Å². The zero-order valence-electron chi connectivity index (χ0n) is 13.6. The van der Waals surface area contributed by atoms with E-state index >= 15 is 0 Å². The molecule has 120 valence electrons. The van der Waals surface area contributed by atoms with Crippen molar-refractivity contribution in [3.05, 3.63) is 64.7 Å². The number of hydrogen-bond donors (Lipinski definition) is 1. The number of carbonyl (C=O) groups excluding carboxylic acids is 1. The Morgan fingerprint density at radius 2 is 1.83 bits per heavy atom. The fourth-order valence-corrected chi connectivity index (χ4v) is 3.22. The number of phenolic OH excluding ortho intramolecular Hbond substituents is 1. The standard InChI is InChI=1S/C20H23NO2/c1-21(14-16-5-4-8-19(22)12-16)20(23)13-15-9-10-17-6-2-3-7-18(17)11-15/h4-5,8-12,22H,2-3,6-7,13-14H2,1H3. The number of carbonyl (C=O) groups is 1. The summed E-state index contributed by atoms with van der Waals surface area (Å²) in [7, 11) is 1.81. The second-order valence-electron chi connectivity index (χ2n) is 6.41. The molecule has 0 bridgehead atoms. The molecule has 0 fully saturated rings. The molecule has 0 aliphatic heterocycles. The number of aryl methyl sites for hydroxylation is 2. The van der Waals surface area contributed by atoms with Crippen LogP contribution in [0.2, 0.25) is 0 Å². The van der Waals surface area contributed by atoms with Crippen molar-refractivity contribution in [1.29, 1.82) is 0 Å². The van der Waals surface area contributed by atoms with Gasteiger partial charge in [-0.15, -0.1) is 0 Å². The van der Waals surface area contributed by atoms with E-state index in [2.05, 4.69) is 18.2 Å². The molecule has 0 saturated carbocycles. The first-order valence-electron chi connectivity index (χ1n) is 8.24. The predicted molar refractivity (Wildman–Crippen MR) is 91.4 cm³/mol. The highest BCUT2D eigenvalue weighted by Gasteiger charge is 2.13. The number of likely N-dealkylation sites (N-methyl/N-ethyl adjacent to an activating group) is 1. The predicted octanol–water partition coefficient (Wildman–Crippen LogP) is 3.47. The summed E-state index contributed by atoms with van der Waals surface area (Å²) in [6, 6.07) is 13.5. The summed E-state index contributed by atoms with van der Waals surface area (Å²) in [5.41, 5.74) is 4.89. The summed E-state index contributed by atoms with van der Waals surface area (Å²) in [6.07, 6.45) is 5.26. The van der Waals surface area contributed by atoms with Crippen LogP contribution in [0, 0.1) is 0 Å². The van der Waals surface area contributed by atoms with Crippen LogP contribution < -0.4 is 0 Å². The zero-order chi connectivity index (χ0) is 16.2. The minimum absolute atomic E-state index is 0.101. The van der Waals surface area contributed by atoms with E-state index in [1.165, 1.54) is 30.4 Å². The van der Waals surface area contributed by atoms with E-state index in [0.717, 1.165) is 17.5 Å². The Bertz CT molecular complexity index is 709. The number of phenols is 1. The van der Waals surface area contributed by atoms with Gasteiger partial charge in [0.15, 0.2) is 0 Å². The maximum absolute atomic E-state index is 12.4. The lowest BCUT2D eigenvalue weighted by molar-refractivity contribution is -0.129. The second-order valence-corrected chi connectivity index (χ2v) is 6.41. The van der Waals surface area contributed by atoms with Crippen molar-refractivity contribution in [2.45, 2.75) is 38.6 Å². The first-order valence-corrected chi connectivity index (χ1v) is 8.24. The van der Waals surface area contributed by atoms with Gasteiger partial charge in [0.2, 0.25) is 5.91 Å². The van der Waals surface area contributed by atoms with Crippen molar-refractivity contribution in [2.24, 2.45) is 0 Å². The Hall–Kier alpha value is -2.29. The van der Waals surface area contributed by atoms with E-state index in [1.54, 1.807) is 23.1 Å². The van der Waals surface area contributed by atoms with E-state index in [0.29, 0.717) is 13.0 Å². The molecule has 3 nitrogen and oxygen atoms in total. The van der Waals surface area contributed by atoms with Gasteiger partial charge in [0.1, 0.15) is 5.75 Å². The Morgan fingerprint density at radius 3 is 2.61 bits per heavy atom. The highest BCUT2D eigenvalue weighted by atomic mass is 16.3. The van der Waals surface area contributed by atoms with Gasteiger partial charge >= 0.3 is 0 Å². The summed E-state index contributed by atoms with van der Waals surface area (Å²) in [5, 5.41) is 9.51. The third-order valence-corrected chi connectivity index (χ3v) is 4.52. The molecule has 1 aliphatic carbocycles. The van der Waals surface area contributed by atoms with Crippen molar-refractivity contribution in [3.63, 3.8) is 0 Å². The van der Waals surface area contributed by atoms with E-state index in [1.807, 2.05) is 13.1 Å². The summed E-state index contributed by atoms with van der Waals surface area (Å²) < 4.78 is 0. The van der Waals surface area contributed by atoms with Gasteiger partial charge in [-0.1, -0.05) is 30.3 Å². The summed E-state index contributed by atoms with van der Waals surface area (Å²) in [6.45, 7) is 0.512. The molecular formula is C20H23NO2. The fraction of sp³-hybridized carbons (Fsp3) is 0.350. The van der Waals surface area contributed by atoms with Crippen LogP contribution in [0.3, 0.4) is 0 Å². The quantitative estimate of drug-likeness (QED) is 0.939. The second kappa shape index (κ2) is 6.86. The fourth-order valence-electron chi connectivity index (χ4n) is 3.22. The normalized spacial score (nSPS) is 13.4. The highest BCUT2D eigenvalue weighted by molar-refractivity contribution is 5.78. The van der Waals surface area contributed by atoms with Crippen molar-refractivity contribution < 1.29 is 9.90 Å². The van der Waals surface area contributed by atoms with Gasteiger partial charge < -0.3 is 10.0 Å². The monoisotopic (exact) mass is 309 g/mol. The number of hydrogen-bond acceptors (Lipinski definition) is 2. The molecule has 0 spiro atoms. The van der Waals surface area contributed by atoms with E-state index in [4.69, 9.17) is 0 Å². The van der Waals surface area contributed by atoms with Gasteiger partial charge in [0.25, 0.3) is 0 Å². The Kier molecular flexibility index (Phi) is 4.65. The van der Waals surface area contributed by atoms with Crippen LogP contribution in [0.25, 0.3) is 0 Å². The molecule has 0 radical (unpaired) electrons. The highest BCUT2D eigenvalue weighted by Crippen LogP contribution is 2.22. The average Bonchev–Trinajstić information content (AvgIpc) is 2.54. The SMILES string of the molecule is CN(Cc1cccc(O)c1)C(=O)Cc1ccc2c(c1)CCCC2. The van der Waals surface area contributed by atoms with Gasteiger partial charge in [-0.25, -0.2) is 0 Å².